The average molecular weight is 338 g/mol. The summed E-state index contributed by atoms with van der Waals surface area (Å²) in [5.74, 6) is 4.70. The number of hydrogen-bond donors (Lipinski definition) is 0. The third-order valence-corrected chi connectivity index (χ3v) is 5.87. The molecule has 1 aromatic carbocycles. The van der Waals surface area contributed by atoms with Crippen LogP contribution in [0.2, 0.25) is 0 Å². The number of ether oxygens (including phenoxy) is 1. The highest BCUT2D eigenvalue weighted by Crippen LogP contribution is 2.45. The topological polar surface area (TPSA) is 43.2 Å². The van der Waals surface area contributed by atoms with Crippen LogP contribution in [0.4, 0.5) is 0 Å². The van der Waals surface area contributed by atoms with E-state index in [1.165, 1.54) is 49.3 Å². The summed E-state index contributed by atoms with van der Waals surface area (Å²) in [5, 5.41) is 9.13. The van der Waals surface area contributed by atoms with E-state index in [9.17, 15) is 0 Å². The molecule has 5 nitrogen and oxygen atoms in total. The molecule has 1 saturated heterocycles. The number of hydrogen-bond acceptors (Lipinski definition) is 4. The third kappa shape index (κ3) is 3.06. The molecule has 1 aliphatic heterocycles. The highest BCUT2D eigenvalue weighted by molar-refractivity contribution is 5.30. The molecular weight excluding hydrogens is 312 g/mol. The van der Waals surface area contributed by atoms with Crippen molar-refractivity contribution < 1.29 is 4.74 Å². The minimum absolute atomic E-state index is 0.617. The minimum Gasteiger partial charge on any atom is -0.497 e. The van der Waals surface area contributed by atoms with Crippen molar-refractivity contribution in [3.8, 4) is 5.75 Å². The molecule has 2 saturated carbocycles. The average Bonchev–Trinajstić information content (AvgIpc) is 3.58. The molecule has 0 amide bonds. The van der Waals surface area contributed by atoms with Crippen LogP contribution in [0, 0.1) is 0 Å². The predicted octanol–water partition coefficient (Wildman–Crippen LogP) is 3.49. The molecule has 132 valence electrons. The van der Waals surface area contributed by atoms with Gasteiger partial charge in [-0.25, -0.2) is 0 Å². The van der Waals surface area contributed by atoms with Crippen molar-refractivity contribution in [3.05, 3.63) is 41.5 Å². The zero-order chi connectivity index (χ0) is 16.8. The Morgan fingerprint density at radius 3 is 2.48 bits per heavy atom. The van der Waals surface area contributed by atoms with Crippen molar-refractivity contribution in [2.45, 2.75) is 56.5 Å². The summed E-state index contributed by atoms with van der Waals surface area (Å²) in [4.78, 5) is 2.55. The van der Waals surface area contributed by atoms with Crippen molar-refractivity contribution in [3.63, 3.8) is 0 Å². The number of rotatable bonds is 6. The summed E-state index contributed by atoms with van der Waals surface area (Å²) in [5.41, 5.74) is 1.42. The van der Waals surface area contributed by atoms with Crippen molar-refractivity contribution in [2.75, 3.05) is 20.2 Å². The molecule has 5 rings (SSSR count). The highest BCUT2D eigenvalue weighted by atomic mass is 16.5. The molecule has 0 radical (unpaired) electrons. The van der Waals surface area contributed by atoms with Crippen molar-refractivity contribution in [1.29, 1.82) is 0 Å². The number of methoxy groups -OCH3 is 1. The fourth-order valence-corrected chi connectivity index (χ4v) is 4.12. The summed E-state index contributed by atoms with van der Waals surface area (Å²) in [7, 11) is 1.72. The van der Waals surface area contributed by atoms with Crippen LogP contribution in [-0.2, 0) is 6.54 Å². The molecule has 1 aromatic heterocycles. The van der Waals surface area contributed by atoms with Gasteiger partial charge in [-0.15, -0.1) is 10.2 Å². The Bertz CT molecular complexity index is 746. The molecule has 0 unspecified atom stereocenters. The largest absolute Gasteiger partial charge is 0.497 e. The number of benzene rings is 1. The van der Waals surface area contributed by atoms with E-state index in [-0.39, 0.29) is 0 Å². The van der Waals surface area contributed by atoms with Gasteiger partial charge in [0.25, 0.3) is 0 Å². The highest BCUT2D eigenvalue weighted by Gasteiger charge is 2.37. The van der Waals surface area contributed by atoms with Crippen molar-refractivity contribution in [2.24, 2.45) is 0 Å². The lowest BCUT2D eigenvalue weighted by molar-refractivity contribution is 0.311. The lowest BCUT2D eigenvalue weighted by Crippen LogP contribution is -2.22. The molecular formula is C20H26N4O. The van der Waals surface area contributed by atoms with Crippen LogP contribution in [-0.4, -0.2) is 39.9 Å². The van der Waals surface area contributed by atoms with Crippen LogP contribution in [0.25, 0.3) is 0 Å². The normalized spacial score (nSPS) is 24.0. The lowest BCUT2D eigenvalue weighted by atomic mass is 9.98. The Balaban J connectivity index is 1.28. The first-order valence-corrected chi connectivity index (χ1v) is 9.62. The molecule has 1 atom stereocenters. The van der Waals surface area contributed by atoms with E-state index >= 15 is 0 Å². The second-order valence-corrected chi connectivity index (χ2v) is 7.84. The Morgan fingerprint density at radius 1 is 1.00 bits per heavy atom. The van der Waals surface area contributed by atoms with Gasteiger partial charge >= 0.3 is 0 Å². The maximum absolute atomic E-state index is 5.27. The molecule has 3 aliphatic rings. The lowest BCUT2D eigenvalue weighted by Gasteiger charge is -2.17. The standard InChI is InChI=1S/C20H26N4O/c1-25-18-8-4-14(5-9-18)16-10-11-23(12-16)13-19-21-22-20(15-2-3-15)24(19)17-6-7-17/h4-5,8-9,15-17H,2-3,6-7,10-13H2,1H3/t16-/m1/s1. The summed E-state index contributed by atoms with van der Waals surface area (Å²) in [6.45, 7) is 3.21. The van der Waals surface area contributed by atoms with Crippen molar-refractivity contribution in [1.82, 2.24) is 19.7 Å². The van der Waals surface area contributed by atoms with Crippen LogP contribution in [0.15, 0.2) is 24.3 Å². The van der Waals surface area contributed by atoms with E-state index in [1.54, 1.807) is 7.11 Å². The van der Waals surface area contributed by atoms with E-state index in [4.69, 9.17) is 4.74 Å². The van der Waals surface area contributed by atoms with Gasteiger partial charge in [-0.2, -0.15) is 0 Å². The quantitative estimate of drug-likeness (QED) is 0.809. The SMILES string of the molecule is COc1ccc([C@@H]2CCN(Cc3nnc(C4CC4)n3C3CC3)C2)cc1. The molecule has 0 bridgehead atoms. The van der Waals surface area contributed by atoms with E-state index in [2.05, 4.69) is 43.9 Å². The van der Waals surface area contributed by atoms with Crippen LogP contribution < -0.4 is 4.74 Å². The van der Waals surface area contributed by atoms with Crippen LogP contribution in [0.1, 0.15) is 67.2 Å². The van der Waals surface area contributed by atoms with E-state index in [0.29, 0.717) is 17.9 Å². The number of aromatic nitrogens is 3. The van der Waals surface area contributed by atoms with E-state index in [1.807, 2.05) is 0 Å². The van der Waals surface area contributed by atoms with Gasteiger partial charge in [-0.3, -0.25) is 4.90 Å². The van der Waals surface area contributed by atoms with Gasteiger partial charge in [0.2, 0.25) is 0 Å². The fourth-order valence-electron chi connectivity index (χ4n) is 4.12. The summed E-state index contributed by atoms with van der Waals surface area (Å²) < 4.78 is 7.76. The molecule has 2 heterocycles. The summed E-state index contributed by atoms with van der Waals surface area (Å²) in [6, 6.07) is 9.25. The Kier molecular flexibility index (Phi) is 3.77. The Hall–Kier alpha value is -1.88. The van der Waals surface area contributed by atoms with Gasteiger partial charge in [-0.05, 0) is 62.3 Å². The third-order valence-electron chi connectivity index (χ3n) is 5.87. The van der Waals surface area contributed by atoms with Gasteiger partial charge in [-0.1, -0.05) is 12.1 Å². The first-order chi connectivity index (χ1) is 12.3. The zero-order valence-corrected chi connectivity index (χ0v) is 14.9. The smallest absolute Gasteiger partial charge is 0.147 e. The fraction of sp³-hybridized carbons (Fsp3) is 0.600. The van der Waals surface area contributed by atoms with E-state index < -0.39 is 0 Å². The van der Waals surface area contributed by atoms with Crippen LogP contribution >= 0.6 is 0 Å². The molecule has 0 N–H and O–H groups in total. The summed E-state index contributed by atoms with van der Waals surface area (Å²) >= 11 is 0. The Morgan fingerprint density at radius 2 is 1.80 bits per heavy atom. The van der Waals surface area contributed by atoms with Gasteiger partial charge in [0.15, 0.2) is 0 Å². The molecule has 2 aliphatic carbocycles. The maximum Gasteiger partial charge on any atom is 0.147 e. The maximum atomic E-state index is 5.27. The zero-order valence-electron chi connectivity index (χ0n) is 14.9. The first kappa shape index (κ1) is 15.4. The second kappa shape index (κ2) is 6.13. The van der Waals surface area contributed by atoms with Gasteiger partial charge in [0, 0.05) is 18.5 Å². The van der Waals surface area contributed by atoms with Crippen molar-refractivity contribution >= 4 is 0 Å². The number of nitrogens with zero attached hydrogens (tertiary/aromatic N) is 4. The van der Waals surface area contributed by atoms with E-state index in [0.717, 1.165) is 25.4 Å². The summed E-state index contributed by atoms with van der Waals surface area (Å²) in [6.07, 6.45) is 6.43. The van der Waals surface area contributed by atoms with Gasteiger partial charge < -0.3 is 9.30 Å². The van der Waals surface area contributed by atoms with Gasteiger partial charge in [0.1, 0.15) is 17.4 Å². The molecule has 2 aromatic rings. The molecule has 25 heavy (non-hydrogen) atoms. The van der Waals surface area contributed by atoms with Crippen LogP contribution in [0.5, 0.6) is 5.75 Å². The minimum atomic E-state index is 0.617. The predicted molar refractivity (Wildman–Crippen MR) is 95.9 cm³/mol. The van der Waals surface area contributed by atoms with Gasteiger partial charge in [0.05, 0.1) is 13.7 Å². The van der Waals surface area contributed by atoms with Crippen LogP contribution in [0.3, 0.4) is 0 Å². The number of likely N-dealkylation sites (tertiary alicyclic amines) is 1. The molecule has 0 spiro atoms. The molecule has 5 heteroatoms. The molecule has 3 fully saturated rings. The Labute approximate surface area is 149 Å². The monoisotopic (exact) mass is 338 g/mol. The second-order valence-electron chi connectivity index (χ2n) is 7.84. The first-order valence-electron chi connectivity index (χ1n) is 9.62.